The van der Waals surface area contributed by atoms with Crippen LogP contribution in [0.3, 0.4) is 0 Å². The lowest BCUT2D eigenvalue weighted by molar-refractivity contribution is -0.385. The number of carbonyl (C=O) groups is 2. The number of ether oxygens (including phenoxy) is 1. The minimum absolute atomic E-state index is 0.0752. The summed E-state index contributed by atoms with van der Waals surface area (Å²) in [5, 5.41) is 14.7. The molecule has 0 unspecified atom stereocenters. The fourth-order valence-electron chi connectivity index (χ4n) is 4.63. The van der Waals surface area contributed by atoms with Gasteiger partial charge >= 0.3 is 0 Å². The molecule has 33 heavy (non-hydrogen) atoms. The maximum Gasteiger partial charge on any atom is 0.293 e. The number of hydrogen-bond acceptors (Lipinski definition) is 8. The van der Waals surface area contributed by atoms with E-state index in [2.05, 4.69) is 19.9 Å². The van der Waals surface area contributed by atoms with Crippen molar-refractivity contribution >= 4 is 23.8 Å². The third kappa shape index (κ3) is 6.00. The molecule has 3 heterocycles. The van der Waals surface area contributed by atoms with E-state index in [0.29, 0.717) is 19.1 Å². The summed E-state index contributed by atoms with van der Waals surface area (Å²) in [6.07, 6.45) is 2.19. The second-order valence-electron chi connectivity index (χ2n) is 9.71. The SMILES string of the molecule is CC(C)(C)OC=O.CN1Cc2c(N3CCC(N4CCNCC4)CC3)ccc([N+](=O)[O-])c2C1=O. The van der Waals surface area contributed by atoms with Gasteiger partial charge in [-0.15, -0.1) is 0 Å². The monoisotopic (exact) mass is 461 g/mol. The van der Waals surface area contributed by atoms with Gasteiger partial charge in [0.25, 0.3) is 18.1 Å². The molecule has 3 aliphatic rings. The number of anilines is 1. The van der Waals surface area contributed by atoms with Crippen LogP contribution in [0.1, 0.15) is 49.5 Å². The number of nitrogens with one attached hydrogen (secondary N) is 1. The van der Waals surface area contributed by atoms with E-state index in [0.717, 1.165) is 63.4 Å². The average molecular weight is 462 g/mol. The first kappa shape index (κ1) is 24.9. The normalized spacial score (nSPS) is 19.6. The van der Waals surface area contributed by atoms with Gasteiger partial charge in [0.15, 0.2) is 0 Å². The van der Waals surface area contributed by atoms with Crippen LogP contribution in [0.15, 0.2) is 12.1 Å². The average Bonchev–Trinajstić information content (AvgIpc) is 3.08. The largest absolute Gasteiger partial charge is 0.462 e. The van der Waals surface area contributed by atoms with Crippen molar-refractivity contribution in [1.29, 1.82) is 0 Å². The highest BCUT2D eigenvalue weighted by Gasteiger charge is 2.36. The first-order valence-corrected chi connectivity index (χ1v) is 11.5. The predicted molar refractivity (Wildman–Crippen MR) is 125 cm³/mol. The van der Waals surface area contributed by atoms with Crippen LogP contribution in [-0.2, 0) is 16.1 Å². The molecule has 1 N–H and O–H groups in total. The number of carbonyl (C=O) groups excluding carboxylic acids is 2. The molecule has 1 aromatic rings. The Labute approximate surface area is 195 Å². The lowest BCUT2D eigenvalue weighted by atomic mass is 9.99. The third-order valence-electron chi connectivity index (χ3n) is 6.29. The first-order valence-electron chi connectivity index (χ1n) is 11.5. The van der Waals surface area contributed by atoms with Gasteiger partial charge in [0.2, 0.25) is 0 Å². The molecule has 0 atom stereocenters. The highest BCUT2D eigenvalue weighted by Crippen LogP contribution is 2.38. The Morgan fingerprint density at radius 3 is 2.30 bits per heavy atom. The molecule has 3 aliphatic heterocycles. The quantitative estimate of drug-likeness (QED) is 0.412. The second kappa shape index (κ2) is 10.5. The Hall–Kier alpha value is -2.72. The number of nitro groups is 1. The molecule has 0 saturated carbocycles. The van der Waals surface area contributed by atoms with Gasteiger partial charge in [-0.05, 0) is 39.7 Å². The van der Waals surface area contributed by atoms with E-state index in [-0.39, 0.29) is 22.8 Å². The van der Waals surface area contributed by atoms with Gasteiger partial charge in [-0.3, -0.25) is 24.6 Å². The molecule has 0 bridgehead atoms. The number of piperidine rings is 1. The lowest BCUT2D eigenvalue weighted by Crippen LogP contribution is -2.52. The van der Waals surface area contributed by atoms with Crippen LogP contribution in [0.5, 0.6) is 0 Å². The third-order valence-corrected chi connectivity index (χ3v) is 6.29. The van der Waals surface area contributed by atoms with E-state index in [9.17, 15) is 19.7 Å². The molecule has 1 aromatic carbocycles. The Bertz CT molecular complexity index is 871. The molecule has 182 valence electrons. The zero-order valence-corrected chi connectivity index (χ0v) is 20.0. The van der Waals surface area contributed by atoms with Crippen LogP contribution < -0.4 is 10.2 Å². The standard InChI is InChI=1S/C18H25N5O3.C5H10O2/c1-20-12-14-15(2-3-16(23(25)26)17(14)18(20)24)22-8-4-13(5-9-22)21-10-6-19-7-11-21;1-5(2,3)7-4-6/h2-3,13,19H,4-12H2,1H3;4H,1-3H3. The van der Waals surface area contributed by atoms with Gasteiger partial charge in [0.05, 0.1) is 4.92 Å². The van der Waals surface area contributed by atoms with Gasteiger partial charge in [-0.1, -0.05) is 0 Å². The lowest BCUT2D eigenvalue weighted by Gasteiger charge is -2.41. The maximum absolute atomic E-state index is 12.4. The highest BCUT2D eigenvalue weighted by molar-refractivity contribution is 6.03. The fourth-order valence-corrected chi connectivity index (χ4v) is 4.63. The van der Waals surface area contributed by atoms with Crippen LogP contribution in [0.25, 0.3) is 0 Å². The molecule has 2 fully saturated rings. The Kier molecular flexibility index (Phi) is 7.91. The second-order valence-corrected chi connectivity index (χ2v) is 9.71. The summed E-state index contributed by atoms with van der Waals surface area (Å²) in [5.74, 6) is -0.246. The van der Waals surface area contributed by atoms with E-state index in [4.69, 9.17) is 0 Å². The van der Waals surface area contributed by atoms with Gasteiger partial charge in [-0.2, -0.15) is 0 Å². The zero-order valence-electron chi connectivity index (χ0n) is 20.0. The van der Waals surface area contributed by atoms with Crippen LogP contribution >= 0.6 is 0 Å². The molecular weight excluding hydrogens is 426 g/mol. The van der Waals surface area contributed by atoms with Crippen molar-refractivity contribution in [2.75, 3.05) is 51.2 Å². The molecule has 2 saturated heterocycles. The molecular formula is C23H35N5O5. The number of nitro benzene ring substituents is 1. The molecule has 0 aliphatic carbocycles. The predicted octanol–water partition coefficient (Wildman–Crippen LogP) is 2.01. The van der Waals surface area contributed by atoms with E-state index in [1.165, 1.54) is 6.07 Å². The summed E-state index contributed by atoms with van der Waals surface area (Å²) in [6, 6.07) is 3.94. The van der Waals surface area contributed by atoms with Gasteiger partial charge in [0.1, 0.15) is 11.2 Å². The van der Waals surface area contributed by atoms with Crippen molar-refractivity contribution in [3.8, 4) is 0 Å². The number of rotatable bonds is 4. The topological polar surface area (TPSA) is 108 Å². The van der Waals surface area contributed by atoms with Crippen LogP contribution in [-0.4, -0.2) is 85.1 Å². The van der Waals surface area contributed by atoms with Crippen molar-refractivity contribution in [3.63, 3.8) is 0 Å². The Balaban J connectivity index is 0.000000383. The summed E-state index contributed by atoms with van der Waals surface area (Å²) in [7, 11) is 1.70. The van der Waals surface area contributed by atoms with E-state index in [1.54, 1.807) is 11.9 Å². The number of nitrogens with zero attached hydrogens (tertiary/aromatic N) is 4. The molecule has 10 nitrogen and oxygen atoms in total. The van der Waals surface area contributed by atoms with Crippen LogP contribution in [0.4, 0.5) is 11.4 Å². The fraction of sp³-hybridized carbons (Fsp3) is 0.652. The number of amides is 1. The van der Waals surface area contributed by atoms with Crippen LogP contribution in [0, 0.1) is 10.1 Å². The van der Waals surface area contributed by atoms with Gasteiger partial charge in [-0.25, -0.2) is 0 Å². The van der Waals surface area contributed by atoms with Crippen molar-refractivity contribution in [1.82, 2.24) is 15.1 Å². The summed E-state index contributed by atoms with van der Waals surface area (Å²) in [6.45, 7) is 12.6. The number of piperazine rings is 1. The molecule has 0 aromatic heterocycles. The minimum atomic E-state index is -0.448. The summed E-state index contributed by atoms with van der Waals surface area (Å²) in [4.78, 5) is 39.3. The maximum atomic E-state index is 12.4. The first-order chi connectivity index (χ1) is 15.6. The molecule has 4 rings (SSSR count). The van der Waals surface area contributed by atoms with Crippen molar-refractivity contribution in [2.24, 2.45) is 0 Å². The zero-order chi connectivity index (χ0) is 24.2. The van der Waals surface area contributed by atoms with Gasteiger partial charge < -0.3 is 19.9 Å². The molecule has 0 spiro atoms. The number of hydrogen-bond donors (Lipinski definition) is 1. The number of fused-ring (bicyclic) bond motifs is 1. The van der Waals surface area contributed by atoms with Crippen molar-refractivity contribution in [2.45, 2.75) is 51.8 Å². The highest BCUT2D eigenvalue weighted by atomic mass is 16.6. The van der Waals surface area contributed by atoms with Gasteiger partial charge in [0, 0.05) is 76.2 Å². The molecule has 0 radical (unpaired) electrons. The number of benzene rings is 1. The van der Waals surface area contributed by atoms with Crippen molar-refractivity contribution in [3.05, 3.63) is 33.4 Å². The van der Waals surface area contributed by atoms with E-state index >= 15 is 0 Å². The van der Waals surface area contributed by atoms with Crippen LogP contribution in [0.2, 0.25) is 0 Å². The minimum Gasteiger partial charge on any atom is -0.462 e. The molecule has 1 amide bonds. The Morgan fingerprint density at radius 2 is 1.79 bits per heavy atom. The smallest absolute Gasteiger partial charge is 0.293 e. The van der Waals surface area contributed by atoms with E-state index < -0.39 is 4.92 Å². The Morgan fingerprint density at radius 1 is 1.15 bits per heavy atom. The van der Waals surface area contributed by atoms with Crippen molar-refractivity contribution < 1.29 is 19.2 Å². The summed E-state index contributed by atoms with van der Waals surface area (Å²) in [5.41, 5.74) is 1.68. The molecule has 10 heteroatoms. The summed E-state index contributed by atoms with van der Waals surface area (Å²) >= 11 is 0. The summed E-state index contributed by atoms with van der Waals surface area (Å²) < 4.78 is 4.55. The van der Waals surface area contributed by atoms with E-state index in [1.807, 2.05) is 26.8 Å².